The van der Waals surface area contributed by atoms with Crippen LogP contribution in [-0.4, -0.2) is 23.5 Å². The molecular weight excluding hydrogens is 426 g/mol. The predicted molar refractivity (Wildman–Crippen MR) is 114 cm³/mol. The van der Waals surface area contributed by atoms with Crippen LogP contribution in [0.2, 0.25) is 5.02 Å². The fourth-order valence-corrected chi connectivity index (χ4v) is 5.06. The van der Waals surface area contributed by atoms with Crippen LogP contribution >= 0.6 is 11.6 Å². The minimum atomic E-state index is -4.04. The average Bonchev–Trinajstić information content (AvgIpc) is 3.21. The summed E-state index contributed by atoms with van der Waals surface area (Å²) in [4.78, 5) is 11.1. The highest BCUT2D eigenvalue weighted by Crippen LogP contribution is 2.40. The molecule has 0 saturated heterocycles. The van der Waals surface area contributed by atoms with Gasteiger partial charge in [0.1, 0.15) is 6.04 Å². The van der Waals surface area contributed by atoms with Gasteiger partial charge < -0.3 is 0 Å². The van der Waals surface area contributed by atoms with E-state index in [1.165, 1.54) is 18.2 Å². The molecule has 30 heavy (non-hydrogen) atoms. The third-order valence-electron chi connectivity index (χ3n) is 4.81. The van der Waals surface area contributed by atoms with Gasteiger partial charge in [-0.3, -0.25) is 10.1 Å². The van der Waals surface area contributed by atoms with Crippen molar-refractivity contribution in [1.29, 1.82) is 0 Å². The molecule has 0 radical (unpaired) electrons. The van der Waals surface area contributed by atoms with E-state index >= 15 is 0 Å². The van der Waals surface area contributed by atoms with E-state index in [-0.39, 0.29) is 22.6 Å². The molecule has 0 amide bonds. The van der Waals surface area contributed by atoms with Crippen molar-refractivity contribution in [3.63, 3.8) is 0 Å². The third-order valence-corrected chi connectivity index (χ3v) is 6.74. The number of hydrogen-bond acceptors (Lipinski definition) is 5. The fourth-order valence-electron chi connectivity index (χ4n) is 3.42. The van der Waals surface area contributed by atoms with Crippen molar-refractivity contribution in [3.8, 4) is 0 Å². The summed E-state index contributed by atoms with van der Waals surface area (Å²) >= 11 is 6.09. The molecule has 1 atom stereocenters. The van der Waals surface area contributed by atoms with E-state index in [0.717, 1.165) is 4.41 Å². The Hall–Kier alpha value is -3.23. The molecule has 1 unspecified atom stereocenters. The molecule has 1 aliphatic heterocycles. The SMILES string of the molecule is O=[N+]([O-])c1ccccc1C1CC(c2cccc(Cl)c2)=NN1S(=O)(=O)c1ccccc1. The zero-order valence-electron chi connectivity index (χ0n) is 15.6. The lowest BCUT2D eigenvalue weighted by atomic mass is 9.98. The number of hydrazone groups is 1. The van der Waals surface area contributed by atoms with Gasteiger partial charge in [0, 0.05) is 17.5 Å². The lowest BCUT2D eigenvalue weighted by Crippen LogP contribution is -2.27. The summed E-state index contributed by atoms with van der Waals surface area (Å²) in [5.74, 6) is 0. The molecule has 0 N–H and O–H groups in total. The Morgan fingerprint density at radius 1 is 1.00 bits per heavy atom. The topological polar surface area (TPSA) is 92.9 Å². The standard InChI is InChI=1S/C21H16ClN3O4S/c22-16-8-6-7-15(13-16)19-14-21(18-11-4-5-12-20(18)25(26)27)24(23-19)30(28,29)17-9-2-1-3-10-17/h1-13,21H,14H2. The summed E-state index contributed by atoms with van der Waals surface area (Å²) in [5.41, 5.74) is 1.28. The van der Waals surface area contributed by atoms with Gasteiger partial charge in [0.05, 0.1) is 21.1 Å². The van der Waals surface area contributed by atoms with E-state index in [1.54, 1.807) is 60.7 Å². The number of benzene rings is 3. The Labute approximate surface area is 178 Å². The van der Waals surface area contributed by atoms with Crippen molar-refractivity contribution in [1.82, 2.24) is 4.41 Å². The van der Waals surface area contributed by atoms with Gasteiger partial charge in [0.15, 0.2) is 0 Å². The van der Waals surface area contributed by atoms with E-state index in [9.17, 15) is 18.5 Å². The minimum Gasteiger partial charge on any atom is -0.258 e. The van der Waals surface area contributed by atoms with Gasteiger partial charge in [-0.2, -0.15) is 17.9 Å². The number of hydrogen-bond donors (Lipinski definition) is 0. The molecule has 0 aliphatic carbocycles. The highest BCUT2D eigenvalue weighted by Gasteiger charge is 2.40. The molecule has 0 fully saturated rings. The summed E-state index contributed by atoms with van der Waals surface area (Å²) < 4.78 is 27.7. The third kappa shape index (κ3) is 3.67. The maximum Gasteiger partial charge on any atom is 0.279 e. The van der Waals surface area contributed by atoms with Crippen LogP contribution in [0.25, 0.3) is 0 Å². The molecule has 0 bridgehead atoms. The molecule has 3 aromatic rings. The summed E-state index contributed by atoms with van der Waals surface area (Å²) in [6.07, 6.45) is 0.178. The Bertz CT molecular complexity index is 1250. The van der Waals surface area contributed by atoms with Gasteiger partial charge in [-0.1, -0.05) is 54.1 Å². The van der Waals surface area contributed by atoms with Gasteiger partial charge in [-0.25, -0.2) is 0 Å². The Kier molecular flexibility index (Phi) is 5.27. The minimum absolute atomic E-state index is 0.0599. The number of rotatable bonds is 5. The first-order chi connectivity index (χ1) is 14.4. The quantitative estimate of drug-likeness (QED) is 0.420. The molecule has 0 saturated carbocycles. The number of nitrogens with zero attached hydrogens (tertiary/aromatic N) is 3. The van der Waals surface area contributed by atoms with Crippen LogP contribution in [0.4, 0.5) is 5.69 Å². The van der Waals surface area contributed by atoms with Crippen LogP contribution in [0.3, 0.4) is 0 Å². The molecule has 4 rings (SSSR count). The molecule has 0 spiro atoms. The summed E-state index contributed by atoms with van der Waals surface area (Å²) in [5, 5.41) is 16.5. The number of nitro groups is 1. The first-order valence-electron chi connectivity index (χ1n) is 9.04. The predicted octanol–water partition coefficient (Wildman–Crippen LogP) is 4.79. The highest BCUT2D eigenvalue weighted by molar-refractivity contribution is 7.89. The van der Waals surface area contributed by atoms with E-state index in [2.05, 4.69) is 5.10 Å². The fraction of sp³-hybridized carbons (Fsp3) is 0.0952. The molecule has 152 valence electrons. The lowest BCUT2D eigenvalue weighted by Gasteiger charge is -2.23. The zero-order valence-corrected chi connectivity index (χ0v) is 17.1. The summed E-state index contributed by atoms with van der Waals surface area (Å²) in [7, 11) is -4.04. The van der Waals surface area contributed by atoms with Crippen LogP contribution in [0.1, 0.15) is 23.6 Å². The van der Waals surface area contributed by atoms with E-state index < -0.39 is 21.0 Å². The monoisotopic (exact) mass is 441 g/mol. The van der Waals surface area contributed by atoms with Gasteiger partial charge in [0.25, 0.3) is 15.7 Å². The van der Waals surface area contributed by atoms with Crippen molar-refractivity contribution >= 4 is 33.0 Å². The van der Waals surface area contributed by atoms with Gasteiger partial charge in [0.2, 0.25) is 0 Å². The van der Waals surface area contributed by atoms with E-state index in [4.69, 9.17) is 11.6 Å². The van der Waals surface area contributed by atoms with Crippen LogP contribution < -0.4 is 0 Å². The van der Waals surface area contributed by atoms with Crippen LogP contribution in [0.15, 0.2) is 88.9 Å². The second-order valence-electron chi connectivity index (χ2n) is 6.68. The van der Waals surface area contributed by atoms with Gasteiger partial charge in [-0.15, -0.1) is 0 Å². The Morgan fingerprint density at radius 2 is 1.70 bits per heavy atom. The molecule has 0 aromatic heterocycles. The van der Waals surface area contributed by atoms with Gasteiger partial charge in [-0.05, 0) is 35.9 Å². The molecule has 7 nitrogen and oxygen atoms in total. The van der Waals surface area contributed by atoms with Crippen LogP contribution in [0, 0.1) is 10.1 Å². The number of halogens is 1. The lowest BCUT2D eigenvalue weighted by molar-refractivity contribution is -0.385. The molecular formula is C21H16ClN3O4S. The van der Waals surface area contributed by atoms with Crippen molar-refractivity contribution in [2.24, 2.45) is 5.10 Å². The first-order valence-corrected chi connectivity index (χ1v) is 10.9. The van der Waals surface area contributed by atoms with E-state index in [1.807, 2.05) is 0 Å². The smallest absolute Gasteiger partial charge is 0.258 e. The number of para-hydroxylation sites is 1. The molecule has 1 aliphatic rings. The number of nitro benzene ring substituents is 1. The van der Waals surface area contributed by atoms with Crippen molar-refractivity contribution in [3.05, 3.63) is 105 Å². The van der Waals surface area contributed by atoms with Crippen molar-refractivity contribution in [2.45, 2.75) is 17.4 Å². The maximum atomic E-state index is 13.4. The zero-order chi connectivity index (χ0) is 21.3. The van der Waals surface area contributed by atoms with Crippen LogP contribution in [-0.2, 0) is 10.0 Å². The van der Waals surface area contributed by atoms with Crippen molar-refractivity contribution in [2.75, 3.05) is 0 Å². The normalized spacial score (nSPS) is 16.4. The Morgan fingerprint density at radius 3 is 2.40 bits per heavy atom. The Balaban J connectivity index is 1.86. The molecule has 9 heteroatoms. The second-order valence-corrected chi connectivity index (χ2v) is 8.92. The maximum absolute atomic E-state index is 13.4. The van der Waals surface area contributed by atoms with Crippen LogP contribution in [0.5, 0.6) is 0 Å². The highest BCUT2D eigenvalue weighted by atomic mass is 35.5. The summed E-state index contributed by atoms with van der Waals surface area (Å²) in [6, 6.07) is 20.1. The van der Waals surface area contributed by atoms with Gasteiger partial charge >= 0.3 is 0 Å². The number of sulfonamides is 1. The first kappa shape index (κ1) is 20.1. The van der Waals surface area contributed by atoms with E-state index in [0.29, 0.717) is 16.3 Å². The largest absolute Gasteiger partial charge is 0.279 e. The van der Waals surface area contributed by atoms with Crippen molar-refractivity contribution < 1.29 is 13.3 Å². The second kappa shape index (κ2) is 7.89. The average molecular weight is 442 g/mol. The summed E-state index contributed by atoms with van der Waals surface area (Å²) in [6.45, 7) is 0. The molecule has 3 aromatic carbocycles. The molecule has 1 heterocycles.